The molecule has 1 rings (SSSR count). The minimum Gasteiger partial charge on any atom is -0.480 e. The van der Waals surface area contributed by atoms with E-state index < -0.39 is 12.0 Å². The minimum absolute atomic E-state index is 0.0160. The van der Waals surface area contributed by atoms with Crippen molar-refractivity contribution in [2.75, 3.05) is 6.54 Å². The van der Waals surface area contributed by atoms with Crippen LogP contribution in [0.15, 0.2) is 0 Å². The van der Waals surface area contributed by atoms with Gasteiger partial charge in [-0.2, -0.15) is 0 Å². The van der Waals surface area contributed by atoms with Gasteiger partial charge in [-0.25, -0.2) is 0 Å². The Morgan fingerprint density at radius 3 is 2.80 bits per heavy atom. The van der Waals surface area contributed by atoms with Crippen LogP contribution < -0.4 is 5.32 Å². The van der Waals surface area contributed by atoms with Gasteiger partial charge in [0.15, 0.2) is 0 Å². The van der Waals surface area contributed by atoms with Crippen molar-refractivity contribution in [3.05, 3.63) is 0 Å². The van der Waals surface area contributed by atoms with E-state index >= 15 is 0 Å². The first-order valence-electron chi connectivity index (χ1n) is 3.02. The smallest absolute Gasteiger partial charge is 0.320 e. The van der Waals surface area contributed by atoms with Gasteiger partial charge in [0.1, 0.15) is 6.04 Å². The van der Waals surface area contributed by atoms with Gasteiger partial charge in [-0.1, -0.05) is 0 Å². The highest BCUT2D eigenvalue weighted by atomic mass is 28.2. The molecule has 0 aromatic heterocycles. The highest BCUT2D eigenvalue weighted by molar-refractivity contribution is 5.98. The van der Waals surface area contributed by atoms with Crippen LogP contribution in [0.5, 0.6) is 0 Å². The molecule has 0 amide bonds. The van der Waals surface area contributed by atoms with Gasteiger partial charge in [-0.15, -0.1) is 0 Å². The van der Waals surface area contributed by atoms with Gasteiger partial charge in [0, 0.05) is 6.54 Å². The van der Waals surface area contributed by atoms with Crippen molar-refractivity contribution in [3.63, 3.8) is 0 Å². The summed E-state index contributed by atoms with van der Waals surface area (Å²) in [5.41, 5.74) is 0. The Bertz CT molecular complexity index is 141. The summed E-state index contributed by atoms with van der Waals surface area (Å²) in [5.74, 6) is -0.814. The summed E-state index contributed by atoms with van der Waals surface area (Å²) in [7, 11) is 2.87. The van der Waals surface area contributed by atoms with Gasteiger partial charge in [0.2, 0.25) is 10.5 Å². The highest BCUT2D eigenvalue weighted by Crippen LogP contribution is 2.08. The summed E-state index contributed by atoms with van der Waals surface area (Å²) in [6.45, 7) is 0.598. The van der Waals surface area contributed by atoms with Crippen LogP contribution in [0.25, 0.3) is 0 Å². The average molecular weight is 158 g/mol. The number of carboxylic acid groups (broad SMARTS) is 1. The van der Waals surface area contributed by atoms with E-state index in [1.54, 1.807) is 0 Å². The molecular formula is C5H8NO3Si. The molecule has 1 unspecified atom stereocenters. The maximum Gasteiger partial charge on any atom is 0.320 e. The minimum atomic E-state index is -0.814. The van der Waals surface area contributed by atoms with Gasteiger partial charge in [0.05, 0.1) is 6.10 Å². The summed E-state index contributed by atoms with van der Waals surface area (Å²) in [5, 5.41) is 11.3. The molecule has 2 N–H and O–H groups in total. The molecule has 0 aromatic carbocycles. The first kappa shape index (κ1) is 7.71. The molecule has 4 nitrogen and oxygen atoms in total. The summed E-state index contributed by atoms with van der Waals surface area (Å²) in [6.07, 6.45) is 0.511. The fourth-order valence-electron chi connectivity index (χ4n) is 0.981. The molecule has 1 aliphatic rings. The molecule has 5 heteroatoms. The lowest BCUT2D eigenvalue weighted by molar-refractivity contribution is -0.139. The maximum atomic E-state index is 10.3. The van der Waals surface area contributed by atoms with Crippen LogP contribution in [-0.2, 0) is 9.22 Å². The van der Waals surface area contributed by atoms with Crippen LogP contribution in [0, 0.1) is 0 Å². The second-order valence-corrected chi connectivity index (χ2v) is 2.51. The van der Waals surface area contributed by atoms with Crippen LogP contribution in [0.2, 0.25) is 0 Å². The normalized spacial score (nSPS) is 32.5. The van der Waals surface area contributed by atoms with E-state index in [1.165, 1.54) is 0 Å². The van der Waals surface area contributed by atoms with Gasteiger partial charge in [0.25, 0.3) is 0 Å². The Labute approximate surface area is 62.1 Å². The Kier molecular flexibility index (Phi) is 2.42. The van der Waals surface area contributed by atoms with Crippen molar-refractivity contribution in [1.29, 1.82) is 0 Å². The Hall–Kier alpha value is -0.393. The number of aliphatic carboxylic acids is 1. The van der Waals surface area contributed by atoms with Crippen LogP contribution in [-0.4, -0.2) is 40.3 Å². The number of rotatable bonds is 2. The molecule has 0 aromatic rings. The largest absolute Gasteiger partial charge is 0.480 e. The van der Waals surface area contributed by atoms with E-state index in [4.69, 9.17) is 9.53 Å². The highest BCUT2D eigenvalue weighted by Gasteiger charge is 2.28. The predicted molar refractivity (Wildman–Crippen MR) is 34.7 cm³/mol. The van der Waals surface area contributed by atoms with Gasteiger partial charge < -0.3 is 14.8 Å². The predicted octanol–water partition coefficient (Wildman–Crippen LogP) is -1.10. The third-order valence-electron chi connectivity index (χ3n) is 1.56. The van der Waals surface area contributed by atoms with Crippen LogP contribution in [0.1, 0.15) is 6.42 Å². The quantitative estimate of drug-likeness (QED) is 0.501. The molecule has 1 saturated heterocycles. The van der Waals surface area contributed by atoms with E-state index in [0.717, 1.165) is 0 Å². The fraction of sp³-hybridized carbons (Fsp3) is 0.800. The second-order valence-electron chi connectivity index (χ2n) is 2.27. The summed E-state index contributed by atoms with van der Waals surface area (Å²) >= 11 is 0. The monoisotopic (exact) mass is 158 g/mol. The van der Waals surface area contributed by atoms with Crippen molar-refractivity contribution in [3.8, 4) is 0 Å². The lowest BCUT2D eigenvalue weighted by Gasteiger charge is -2.03. The standard InChI is InChI=1S/C5H8NO3Si/c7-5(8)4-1-3(9-10)2-6-4/h3-4,6H,1-2H2,(H,7,8)/t3?,4-/m0/s1. The van der Waals surface area contributed by atoms with E-state index in [9.17, 15) is 4.79 Å². The first-order chi connectivity index (χ1) is 4.74. The summed E-state index contributed by atoms with van der Waals surface area (Å²) in [6, 6.07) is -0.443. The molecule has 3 radical (unpaired) electrons. The van der Waals surface area contributed by atoms with E-state index in [-0.39, 0.29) is 6.10 Å². The number of hydrogen-bond acceptors (Lipinski definition) is 3. The number of nitrogens with one attached hydrogen (secondary N) is 1. The molecular weight excluding hydrogens is 150 g/mol. The van der Waals surface area contributed by atoms with Crippen molar-refractivity contribution in [2.24, 2.45) is 0 Å². The van der Waals surface area contributed by atoms with E-state index in [2.05, 4.69) is 15.8 Å². The molecule has 0 saturated carbocycles. The lowest BCUT2D eigenvalue weighted by Crippen LogP contribution is -2.29. The molecule has 1 aliphatic heterocycles. The molecule has 2 atom stereocenters. The zero-order valence-corrected chi connectivity index (χ0v) is 6.33. The second kappa shape index (κ2) is 3.13. The van der Waals surface area contributed by atoms with Gasteiger partial charge >= 0.3 is 5.97 Å². The van der Waals surface area contributed by atoms with Gasteiger partial charge in [-0.05, 0) is 6.42 Å². The molecule has 1 heterocycles. The fourth-order valence-corrected chi connectivity index (χ4v) is 1.16. The maximum absolute atomic E-state index is 10.3. The lowest BCUT2D eigenvalue weighted by atomic mass is 10.2. The number of carboxylic acids is 1. The molecule has 0 aliphatic carbocycles. The van der Waals surface area contributed by atoms with Crippen molar-refractivity contribution < 1.29 is 14.3 Å². The zero-order valence-electron chi connectivity index (χ0n) is 5.33. The Balaban J connectivity index is 2.35. The van der Waals surface area contributed by atoms with Crippen LogP contribution in [0.4, 0.5) is 0 Å². The molecule has 1 fully saturated rings. The Morgan fingerprint density at radius 1 is 1.80 bits per heavy atom. The van der Waals surface area contributed by atoms with E-state index in [0.29, 0.717) is 13.0 Å². The zero-order chi connectivity index (χ0) is 7.56. The molecule has 10 heavy (non-hydrogen) atoms. The van der Waals surface area contributed by atoms with Crippen molar-refractivity contribution in [1.82, 2.24) is 5.32 Å². The summed E-state index contributed by atoms with van der Waals surface area (Å²) < 4.78 is 4.77. The van der Waals surface area contributed by atoms with Crippen LogP contribution in [0.3, 0.4) is 0 Å². The number of hydrogen-bond donors (Lipinski definition) is 2. The SMILES string of the molecule is O=C(O)[C@@H]1CC(O[Si])CN1. The molecule has 0 spiro atoms. The third kappa shape index (κ3) is 1.56. The van der Waals surface area contributed by atoms with Gasteiger partial charge in [-0.3, -0.25) is 4.79 Å². The first-order valence-corrected chi connectivity index (χ1v) is 3.43. The van der Waals surface area contributed by atoms with Crippen molar-refractivity contribution in [2.45, 2.75) is 18.6 Å². The van der Waals surface area contributed by atoms with Crippen LogP contribution >= 0.6 is 0 Å². The molecule has 55 valence electrons. The topological polar surface area (TPSA) is 58.6 Å². The number of carbonyl (C=O) groups is 1. The summed E-state index contributed by atoms with van der Waals surface area (Å²) in [4.78, 5) is 10.3. The Morgan fingerprint density at radius 2 is 2.50 bits per heavy atom. The molecule has 0 bridgehead atoms. The third-order valence-corrected chi connectivity index (χ3v) is 1.89. The average Bonchev–Trinajstić information content (AvgIpc) is 2.34. The van der Waals surface area contributed by atoms with E-state index in [1.807, 2.05) is 0 Å². The van der Waals surface area contributed by atoms with Crippen molar-refractivity contribution >= 4 is 16.5 Å².